The first-order valence-electron chi connectivity index (χ1n) is 6.72. The summed E-state index contributed by atoms with van der Waals surface area (Å²) < 4.78 is 0. The van der Waals surface area contributed by atoms with Crippen LogP contribution in [0.3, 0.4) is 0 Å². The molecule has 1 heterocycles. The van der Waals surface area contributed by atoms with Crippen LogP contribution in [-0.2, 0) is 11.3 Å². The number of hydrogen-bond acceptors (Lipinski definition) is 3. The van der Waals surface area contributed by atoms with Gasteiger partial charge in [-0.1, -0.05) is 18.2 Å². The Bertz CT molecular complexity index is 451. The lowest BCUT2D eigenvalue weighted by atomic mass is 9.93. The fourth-order valence-corrected chi connectivity index (χ4v) is 2.15. The largest absolute Gasteiger partial charge is 0.363 e. The zero-order valence-corrected chi connectivity index (χ0v) is 11.6. The van der Waals surface area contributed by atoms with Crippen LogP contribution in [-0.4, -0.2) is 25.0 Å². The summed E-state index contributed by atoms with van der Waals surface area (Å²) >= 11 is 0. The van der Waals surface area contributed by atoms with Crippen molar-refractivity contribution in [2.75, 3.05) is 19.0 Å². The number of allylic oxidation sites excluding steroid dienone is 2. The van der Waals surface area contributed by atoms with Crippen LogP contribution in [0.1, 0.15) is 24.8 Å². The number of hydrogen-bond donors (Lipinski definition) is 1. The molecule has 1 amide bonds. The third-order valence-electron chi connectivity index (χ3n) is 3.37. The summed E-state index contributed by atoms with van der Waals surface area (Å²) in [5, 5.41) is 2.99. The molecular formula is C15H21N3O. The Balaban J connectivity index is 1.84. The maximum Gasteiger partial charge on any atom is 0.223 e. The third-order valence-corrected chi connectivity index (χ3v) is 3.37. The van der Waals surface area contributed by atoms with Crippen LogP contribution in [0.4, 0.5) is 5.82 Å². The van der Waals surface area contributed by atoms with Crippen LogP contribution < -0.4 is 10.2 Å². The monoisotopic (exact) mass is 259 g/mol. The molecule has 4 heteroatoms. The minimum Gasteiger partial charge on any atom is -0.363 e. The smallest absolute Gasteiger partial charge is 0.223 e. The molecule has 102 valence electrons. The van der Waals surface area contributed by atoms with E-state index in [4.69, 9.17) is 0 Å². The first-order valence-corrected chi connectivity index (χ1v) is 6.72. The number of nitrogens with zero attached hydrogens (tertiary/aromatic N) is 2. The van der Waals surface area contributed by atoms with E-state index in [1.165, 1.54) is 0 Å². The SMILES string of the molecule is CN(C)c1ccc(CNC(=O)C2CC=CCC2)cn1. The molecule has 0 aliphatic heterocycles. The number of carbonyl (C=O) groups excluding carboxylic acids is 1. The van der Waals surface area contributed by atoms with Gasteiger partial charge >= 0.3 is 0 Å². The van der Waals surface area contributed by atoms with E-state index in [2.05, 4.69) is 22.5 Å². The van der Waals surface area contributed by atoms with Crippen molar-refractivity contribution in [2.45, 2.75) is 25.8 Å². The molecule has 19 heavy (non-hydrogen) atoms. The fourth-order valence-electron chi connectivity index (χ4n) is 2.15. The number of pyridine rings is 1. The van der Waals surface area contributed by atoms with Gasteiger partial charge in [-0.25, -0.2) is 4.98 Å². The van der Waals surface area contributed by atoms with Gasteiger partial charge in [0.2, 0.25) is 5.91 Å². The van der Waals surface area contributed by atoms with Crippen LogP contribution >= 0.6 is 0 Å². The van der Waals surface area contributed by atoms with Crippen molar-refractivity contribution in [3.8, 4) is 0 Å². The maximum atomic E-state index is 12.0. The normalized spacial score (nSPS) is 18.1. The molecule has 0 saturated carbocycles. The molecule has 1 N–H and O–H groups in total. The van der Waals surface area contributed by atoms with Gasteiger partial charge in [-0.05, 0) is 30.9 Å². The molecule has 0 saturated heterocycles. The van der Waals surface area contributed by atoms with Crippen molar-refractivity contribution in [1.29, 1.82) is 0 Å². The molecular weight excluding hydrogens is 238 g/mol. The summed E-state index contributed by atoms with van der Waals surface area (Å²) in [7, 11) is 3.92. The quantitative estimate of drug-likeness (QED) is 0.842. The Morgan fingerprint density at radius 3 is 2.84 bits per heavy atom. The summed E-state index contributed by atoms with van der Waals surface area (Å²) in [6.45, 7) is 0.555. The van der Waals surface area contributed by atoms with Gasteiger partial charge in [0.1, 0.15) is 5.82 Å². The predicted octanol–water partition coefficient (Wildman–Crippen LogP) is 2.12. The van der Waals surface area contributed by atoms with Gasteiger partial charge in [-0.15, -0.1) is 0 Å². The Kier molecular flexibility index (Phi) is 4.55. The molecule has 0 bridgehead atoms. The van der Waals surface area contributed by atoms with Crippen LogP contribution in [0.25, 0.3) is 0 Å². The summed E-state index contributed by atoms with van der Waals surface area (Å²) in [6.07, 6.45) is 8.90. The van der Waals surface area contributed by atoms with E-state index in [1.807, 2.05) is 37.3 Å². The molecule has 1 atom stereocenters. The van der Waals surface area contributed by atoms with Crippen molar-refractivity contribution in [1.82, 2.24) is 10.3 Å². The molecule has 0 aromatic carbocycles. The second-order valence-corrected chi connectivity index (χ2v) is 5.12. The van der Waals surface area contributed by atoms with Crippen molar-refractivity contribution in [3.63, 3.8) is 0 Å². The lowest BCUT2D eigenvalue weighted by Gasteiger charge is -2.17. The lowest BCUT2D eigenvalue weighted by Crippen LogP contribution is -2.30. The minimum atomic E-state index is 0.138. The standard InChI is InChI=1S/C15H21N3O/c1-18(2)14-9-8-12(10-16-14)11-17-15(19)13-6-4-3-5-7-13/h3-4,8-10,13H,5-7,11H2,1-2H3,(H,17,19). The van der Waals surface area contributed by atoms with E-state index in [9.17, 15) is 4.79 Å². The average Bonchev–Trinajstić information content (AvgIpc) is 2.46. The number of rotatable bonds is 4. The van der Waals surface area contributed by atoms with Gasteiger partial charge in [0.15, 0.2) is 0 Å². The molecule has 1 aliphatic rings. The number of carbonyl (C=O) groups is 1. The van der Waals surface area contributed by atoms with Crippen molar-refractivity contribution >= 4 is 11.7 Å². The van der Waals surface area contributed by atoms with Gasteiger partial charge in [0.05, 0.1) is 0 Å². The third kappa shape index (κ3) is 3.81. The van der Waals surface area contributed by atoms with E-state index in [1.54, 1.807) is 0 Å². The molecule has 1 unspecified atom stereocenters. The van der Waals surface area contributed by atoms with Gasteiger partial charge < -0.3 is 10.2 Å². The highest BCUT2D eigenvalue weighted by molar-refractivity contribution is 5.78. The molecule has 1 aliphatic carbocycles. The summed E-state index contributed by atoms with van der Waals surface area (Å²) in [6, 6.07) is 3.97. The van der Waals surface area contributed by atoms with Crippen LogP contribution in [0.5, 0.6) is 0 Å². The number of amides is 1. The van der Waals surface area contributed by atoms with Crippen molar-refractivity contribution in [2.24, 2.45) is 5.92 Å². The Hall–Kier alpha value is -1.84. The van der Waals surface area contributed by atoms with Gasteiger partial charge in [0.25, 0.3) is 0 Å². The zero-order valence-electron chi connectivity index (χ0n) is 11.6. The fraction of sp³-hybridized carbons (Fsp3) is 0.467. The Morgan fingerprint density at radius 1 is 1.42 bits per heavy atom. The van der Waals surface area contributed by atoms with E-state index >= 15 is 0 Å². The second kappa shape index (κ2) is 6.36. The summed E-state index contributed by atoms with van der Waals surface area (Å²) in [5.41, 5.74) is 1.03. The summed E-state index contributed by atoms with van der Waals surface area (Å²) in [4.78, 5) is 18.3. The van der Waals surface area contributed by atoms with E-state index in [0.29, 0.717) is 6.54 Å². The van der Waals surface area contributed by atoms with Crippen LogP contribution in [0.2, 0.25) is 0 Å². The van der Waals surface area contributed by atoms with Crippen molar-refractivity contribution in [3.05, 3.63) is 36.0 Å². The highest BCUT2D eigenvalue weighted by Crippen LogP contribution is 2.18. The van der Waals surface area contributed by atoms with Crippen molar-refractivity contribution < 1.29 is 4.79 Å². The number of anilines is 1. The molecule has 0 spiro atoms. The van der Waals surface area contributed by atoms with E-state index in [-0.39, 0.29) is 11.8 Å². The Labute approximate surface area is 114 Å². The lowest BCUT2D eigenvalue weighted by molar-refractivity contribution is -0.125. The molecule has 0 radical (unpaired) electrons. The van der Waals surface area contributed by atoms with Gasteiger partial charge in [-0.3, -0.25) is 4.79 Å². The van der Waals surface area contributed by atoms with Gasteiger partial charge in [-0.2, -0.15) is 0 Å². The highest BCUT2D eigenvalue weighted by Gasteiger charge is 2.17. The first-order chi connectivity index (χ1) is 9.16. The van der Waals surface area contributed by atoms with Gasteiger partial charge in [0, 0.05) is 32.8 Å². The van der Waals surface area contributed by atoms with E-state index in [0.717, 1.165) is 30.6 Å². The first kappa shape index (κ1) is 13.6. The summed E-state index contributed by atoms with van der Waals surface area (Å²) in [5.74, 6) is 1.22. The van der Waals surface area contributed by atoms with E-state index < -0.39 is 0 Å². The van der Waals surface area contributed by atoms with Crippen LogP contribution in [0, 0.1) is 5.92 Å². The molecule has 1 aromatic heterocycles. The zero-order chi connectivity index (χ0) is 13.7. The Morgan fingerprint density at radius 2 is 2.26 bits per heavy atom. The van der Waals surface area contributed by atoms with Crippen LogP contribution in [0.15, 0.2) is 30.5 Å². The molecule has 2 rings (SSSR count). The average molecular weight is 259 g/mol. The highest BCUT2D eigenvalue weighted by atomic mass is 16.1. The predicted molar refractivity (Wildman–Crippen MR) is 76.9 cm³/mol. The minimum absolute atomic E-state index is 0.138. The molecule has 1 aromatic rings. The maximum absolute atomic E-state index is 12.0. The topological polar surface area (TPSA) is 45.2 Å². The molecule has 4 nitrogen and oxygen atoms in total. The second-order valence-electron chi connectivity index (χ2n) is 5.12. The number of aromatic nitrogens is 1. The number of nitrogens with one attached hydrogen (secondary N) is 1. The molecule has 0 fully saturated rings.